The molecule has 0 bridgehead atoms. The highest BCUT2D eigenvalue weighted by Crippen LogP contribution is 2.62. The molecule has 0 amide bonds. The minimum absolute atomic E-state index is 0.0298. The van der Waals surface area contributed by atoms with Crippen LogP contribution in [-0.2, 0) is 0 Å². The monoisotopic (exact) mass is 480 g/mol. The minimum atomic E-state index is -1.000. The van der Waals surface area contributed by atoms with Crippen LogP contribution in [-0.4, -0.2) is 9.73 Å². The molecule has 0 spiro atoms. The second-order valence-corrected chi connectivity index (χ2v) is 14.2. The SMILES string of the molecule is CC(P(c1ccccc1)c1ccccc1)C(Cl)(Cl)P(c1ccccc1)c1ccccc1. The molecule has 0 aliphatic rings. The van der Waals surface area contributed by atoms with Gasteiger partial charge in [0, 0.05) is 5.66 Å². The Kier molecular flexibility index (Phi) is 7.47. The first kappa shape index (κ1) is 22.5. The molecular weight excluding hydrogens is 457 g/mol. The van der Waals surface area contributed by atoms with Crippen LogP contribution in [0.4, 0.5) is 0 Å². The van der Waals surface area contributed by atoms with Gasteiger partial charge in [-0.2, -0.15) is 0 Å². The molecule has 0 aliphatic heterocycles. The molecule has 4 rings (SSSR count). The molecule has 0 N–H and O–H groups in total. The number of rotatable bonds is 7. The number of halogens is 2. The van der Waals surface area contributed by atoms with Crippen molar-refractivity contribution >= 4 is 60.3 Å². The fourth-order valence-electron chi connectivity index (χ4n) is 3.76. The average Bonchev–Trinajstić information content (AvgIpc) is 2.82. The van der Waals surface area contributed by atoms with Gasteiger partial charge in [0.25, 0.3) is 0 Å². The molecule has 0 aromatic heterocycles. The molecule has 1 atom stereocenters. The van der Waals surface area contributed by atoms with Gasteiger partial charge in [0.1, 0.15) is 0 Å². The first-order valence-electron chi connectivity index (χ1n) is 10.3. The summed E-state index contributed by atoms with van der Waals surface area (Å²) < 4.78 is -0.949. The van der Waals surface area contributed by atoms with Gasteiger partial charge in [0.05, 0.1) is 0 Å². The molecular formula is C27H24Cl2P2. The summed E-state index contributed by atoms with van der Waals surface area (Å²) in [5.41, 5.74) is 0.0298. The Hall–Kier alpha value is -1.68. The summed E-state index contributed by atoms with van der Waals surface area (Å²) in [5, 5.41) is 4.96. The van der Waals surface area contributed by atoms with E-state index in [-0.39, 0.29) is 5.66 Å². The van der Waals surface area contributed by atoms with Gasteiger partial charge >= 0.3 is 0 Å². The summed E-state index contributed by atoms with van der Waals surface area (Å²) in [6.07, 6.45) is 0. The van der Waals surface area contributed by atoms with Gasteiger partial charge in [-0.3, -0.25) is 0 Å². The fraction of sp³-hybridized carbons (Fsp3) is 0.111. The molecule has 156 valence electrons. The Morgan fingerprint density at radius 3 is 1.13 bits per heavy atom. The predicted octanol–water partition coefficient (Wildman–Crippen LogP) is 6.77. The molecule has 0 heterocycles. The predicted molar refractivity (Wildman–Crippen MR) is 142 cm³/mol. The van der Waals surface area contributed by atoms with Gasteiger partial charge in [0.15, 0.2) is 4.07 Å². The Balaban J connectivity index is 1.83. The third-order valence-corrected chi connectivity index (χ3v) is 12.9. The van der Waals surface area contributed by atoms with Crippen LogP contribution in [0.3, 0.4) is 0 Å². The lowest BCUT2D eigenvalue weighted by molar-refractivity contribution is 0.991. The van der Waals surface area contributed by atoms with Crippen LogP contribution in [0.15, 0.2) is 121 Å². The Morgan fingerprint density at radius 2 is 0.806 bits per heavy atom. The summed E-state index contributed by atoms with van der Waals surface area (Å²) in [7, 11) is -1.76. The van der Waals surface area contributed by atoms with E-state index in [1.165, 1.54) is 21.2 Å². The van der Waals surface area contributed by atoms with E-state index in [1.54, 1.807) is 0 Å². The quantitative estimate of drug-likeness (QED) is 0.202. The Labute approximate surface area is 197 Å². The molecule has 0 aliphatic carbocycles. The second-order valence-electron chi connectivity index (χ2n) is 7.31. The molecule has 31 heavy (non-hydrogen) atoms. The van der Waals surface area contributed by atoms with Gasteiger partial charge in [-0.1, -0.05) is 151 Å². The third-order valence-electron chi connectivity index (χ3n) is 5.29. The van der Waals surface area contributed by atoms with Crippen molar-refractivity contribution in [1.29, 1.82) is 0 Å². The van der Waals surface area contributed by atoms with E-state index in [1.807, 2.05) is 12.1 Å². The van der Waals surface area contributed by atoms with E-state index >= 15 is 0 Å². The van der Waals surface area contributed by atoms with Gasteiger partial charge in [-0.15, -0.1) is 0 Å². The van der Waals surface area contributed by atoms with Crippen LogP contribution in [0, 0.1) is 0 Å². The van der Waals surface area contributed by atoms with Crippen LogP contribution in [0.1, 0.15) is 6.92 Å². The lowest BCUT2D eigenvalue weighted by Crippen LogP contribution is -2.37. The Morgan fingerprint density at radius 1 is 0.516 bits per heavy atom. The number of hydrogen-bond donors (Lipinski definition) is 0. The smallest absolute Gasteiger partial charge is 0.0951 e. The first-order valence-corrected chi connectivity index (χ1v) is 13.8. The van der Waals surface area contributed by atoms with Crippen molar-refractivity contribution in [1.82, 2.24) is 0 Å². The van der Waals surface area contributed by atoms with Gasteiger partial charge in [-0.25, -0.2) is 0 Å². The second kappa shape index (κ2) is 10.3. The van der Waals surface area contributed by atoms with Crippen molar-refractivity contribution in [2.24, 2.45) is 0 Å². The molecule has 0 radical (unpaired) electrons. The summed E-state index contributed by atoms with van der Waals surface area (Å²) in [5.74, 6) is 0. The minimum Gasteiger partial charge on any atom is -0.0951 e. The lowest BCUT2D eigenvalue weighted by Gasteiger charge is -2.40. The van der Waals surface area contributed by atoms with E-state index in [0.29, 0.717) is 0 Å². The van der Waals surface area contributed by atoms with Gasteiger partial charge < -0.3 is 0 Å². The van der Waals surface area contributed by atoms with Crippen molar-refractivity contribution in [3.05, 3.63) is 121 Å². The molecule has 0 saturated carbocycles. The zero-order valence-corrected chi connectivity index (χ0v) is 20.6. The number of hydrogen-bond acceptors (Lipinski definition) is 0. The van der Waals surface area contributed by atoms with Crippen LogP contribution in [0.2, 0.25) is 0 Å². The largest absolute Gasteiger partial charge is 0.151 e. The van der Waals surface area contributed by atoms with E-state index in [0.717, 1.165) is 0 Å². The van der Waals surface area contributed by atoms with Crippen LogP contribution in [0.25, 0.3) is 0 Å². The topological polar surface area (TPSA) is 0 Å². The highest BCUT2D eigenvalue weighted by molar-refractivity contribution is 7.80. The molecule has 0 fully saturated rings. The zero-order valence-electron chi connectivity index (χ0n) is 17.3. The highest BCUT2D eigenvalue weighted by Gasteiger charge is 2.45. The van der Waals surface area contributed by atoms with Gasteiger partial charge in [-0.05, 0) is 37.1 Å². The summed E-state index contributed by atoms with van der Waals surface area (Å²) in [4.78, 5) is 0. The highest BCUT2D eigenvalue weighted by atomic mass is 35.5. The van der Waals surface area contributed by atoms with Crippen molar-refractivity contribution in [2.45, 2.75) is 16.7 Å². The van der Waals surface area contributed by atoms with E-state index < -0.39 is 19.9 Å². The Bertz CT molecular complexity index is 992. The maximum Gasteiger partial charge on any atom is 0.151 e. The molecule has 4 aromatic carbocycles. The van der Waals surface area contributed by atoms with E-state index in [9.17, 15) is 0 Å². The first-order chi connectivity index (χ1) is 15.1. The normalized spacial score (nSPS) is 12.8. The van der Waals surface area contributed by atoms with Crippen LogP contribution < -0.4 is 21.2 Å². The maximum atomic E-state index is 7.43. The molecule has 0 saturated heterocycles. The zero-order chi connectivity index (χ0) is 21.7. The molecule has 0 nitrogen and oxygen atoms in total. The summed E-state index contributed by atoms with van der Waals surface area (Å²) >= 11 is 14.9. The molecule has 4 heteroatoms. The van der Waals surface area contributed by atoms with Crippen LogP contribution in [0.5, 0.6) is 0 Å². The van der Waals surface area contributed by atoms with Crippen molar-refractivity contribution in [3.8, 4) is 0 Å². The summed E-state index contributed by atoms with van der Waals surface area (Å²) in [6, 6.07) is 42.3. The van der Waals surface area contributed by atoms with Crippen molar-refractivity contribution in [3.63, 3.8) is 0 Å². The standard InChI is InChI=1S/C27H24Cl2P2/c1-22(30(23-14-6-2-7-15-23)24-16-8-3-9-17-24)27(28,29)31(25-18-10-4-11-19-25)26-20-12-5-13-21-26/h2-22H,1H3. The van der Waals surface area contributed by atoms with Crippen LogP contribution >= 0.6 is 39.0 Å². The fourth-order valence-corrected chi connectivity index (χ4v) is 11.0. The number of benzene rings is 4. The lowest BCUT2D eigenvalue weighted by atomic mass is 10.4. The third kappa shape index (κ3) is 5.05. The van der Waals surface area contributed by atoms with Crippen molar-refractivity contribution < 1.29 is 0 Å². The average molecular weight is 481 g/mol. The summed E-state index contributed by atoms with van der Waals surface area (Å²) in [6.45, 7) is 2.22. The maximum absolute atomic E-state index is 7.43. The van der Waals surface area contributed by atoms with E-state index in [4.69, 9.17) is 23.2 Å². The van der Waals surface area contributed by atoms with Gasteiger partial charge in [0.2, 0.25) is 0 Å². The number of alkyl halides is 2. The molecule has 4 aromatic rings. The van der Waals surface area contributed by atoms with Crippen molar-refractivity contribution in [2.75, 3.05) is 0 Å². The van der Waals surface area contributed by atoms with E-state index in [2.05, 4.69) is 116 Å². The molecule has 1 unspecified atom stereocenters.